The van der Waals surface area contributed by atoms with Gasteiger partial charge in [0.25, 0.3) is 0 Å². The summed E-state index contributed by atoms with van der Waals surface area (Å²) in [5, 5.41) is 0.986. The van der Waals surface area contributed by atoms with Crippen molar-refractivity contribution in [2.45, 2.75) is 6.92 Å². The highest BCUT2D eigenvalue weighted by Crippen LogP contribution is 2.26. The highest BCUT2D eigenvalue weighted by atomic mass is 16.5. The van der Waals surface area contributed by atoms with Crippen LogP contribution < -0.4 is 0 Å². The molecule has 27 heavy (non-hydrogen) atoms. The minimum absolute atomic E-state index is 0.372. The van der Waals surface area contributed by atoms with Gasteiger partial charge in [0.1, 0.15) is 5.69 Å². The minimum Gasteiger partial charge on any atom is -0.465 e. The van der Waals surface area contributed by atoms with Gasteiger partial charge in [-0.3, -0.25) is 0 Å². The third-order valence-electron chi connectivity index (χ3n) is 4.37. The Morgan fingerprint density at radius 3 is 2.67 bits per heavy atom. The summed E-state index contributed by atoms with van der Waals surface area (Å²) >= 11 is 0. The lowest BCUT2D eigenvalue weighted by Gasteiger charge is -2.09. The van der Waals surface area contributed by atoms with E-state index in [2.05, 4.69) is 9.97 Å². The number of carbonyl (C=O) groups excluding carboxylic acids is 1. The van der Waals surface area contributed by atoms with E-state index in [9.17, 15) is 4.79 Å². The maximum absolute atomic E-state index is 11.8. The van der Waals surface area contributed by atoms with E-state index in [0.29, 0.717) is 17.1 Å². The fraction of sp³-hybridized carbons (Fsp3) is 0.0909. The van der Waals surface area contributed by atoms with E-state index >= 15 is 0 Å². The van der Waals surface area contributed by atoms with Gasteiger partial charge in [0.2, 0.25) is 0 Å². The Kier molecular flexibility index (Phi) is 4.34. The minimum atomic E-state index is -0.372. The summed E-state index contributed by atoms with van der Waals surface area (Å²) in [6, 6.07) is 19.0. The molecule has 2 heterocycles. The highest BCUT2D eigenvalue weighted by molar-refractivity contribution is 5.91. The molecule has 5 heteroatoms. The monoisotopic (exact) mass is 355 g/mol. The van der Waals surface area contributed by atoms with Crippen LogP contribution in [0.2, 0.25) is 0 Å². The predicted octanol–water partition coefficient (Wildman–Crippen LogP) is 4.45. The standard InChI is InChI=1S/C22H17N3O2/c1-14-10-11-19(21-23-13-17-6-3-4-9-18(17)25-21)24-20(14)15-7-5-8-16(12-15)22(26)27-2/h3-13H,1-2H3. The third-order valence-corrected chi connectivity index (χ3v) is 4.37. The molecule has 0 amide bonds. The van der Waals surface area contributed by atoms with Crippen molar-refractivity contribution in [2.75, 3.05) is 7.11 Å². The Bertz CT molecular complexity index is 1160. The lowest BCUT2D eigenvalue weighted by atomic mass is 10.0. The average molecular weight is 355 g/mol. The smallest absolute Gasteiger partial charge is 0.337 e. The molecule has 0 radical (unpaired) electrons. The van der Waals surface area contributed by atoms with Gasteiger partial charge in [0.05, 0.1) is 23.9 Å². The topological polar surface area (TPSA) is 65.0 Å². The number of pyridine rings is 1. The third kappa shape index (κ3) is 3.27. The molecule has 5 nitrogen and oxygen atoms in total. The summed E-state index contributed by atoms with van der Waals surface area (Å²) in [5.74, 6) is 0.197. The van der Waals surface area contributed by atoms with Crippen molar-refractivity contribution in [3.8, 4) is 22.8 Å². The Morgan fingerprint density at radius 2 is 1.81 bits per heavy atom. The van der Waals surface area contributed by atoms with Crippen molar-refractivity contribution >= 4 is 16.9 Å². The number of aromatic nitrogens is 3. The molecule has 2 aromatic heterocycles. The Labute approximate surface area is 156 Å². The number of methoxy groups -OCH3 is 1. The van der Waals surface area contributed by atoms with Crippen molar-refractivity contribution in [3.63, 3.8) is 0 Å². The summed E-state index contributed by atoms with van der Waals surface area (Å²) in [4.78, 5) is 25.7. The number of ether oxygens (including phenoxy) is 1. The molecule has 0 aliphatic rings. The van der Waals surface area contributed by atoms with Gasteiger partial charge in [-0.15, -0.1) is 0 Å². The molecular formula is C22H17N3O2. The zero-order chi connectivity index (χ0) is 18.8. The SMILES string of the molecule is COC(=O)c1cccc(-c2nc(-c3ncc4ccccc4n3)ccc2C)c1. The normalized spacial score (nSPS) is 10.7. The van der Waals surface area contributed by atoms with E-state index in [1.165, 1.54) is 7.11 Å². The average Bonchev–Trinajstić information content (AvgIpc) is 2.73. The van der Waals surface area contributed by atoms with Gasteiger partial charge in [-0.25, -0.2) is 19.7 Å². The summed E-state index contributed by atoms with van der Waals surface area (Å²) in [5.41, 5.74) is 4.68. The molecule has 0 saturated carbocycles. The van der Waals surface area contributed by atoms with E-state index < -0.39 is 0 Å². The van der Waals surface area contributed by atoms with Crippen molar-refractivity contribution in [1.29, 1.82) is 0 Å². The van der Waals surface area contributed by atoms with Crippen LogP contribution in [-0.2, 0) is 4.74 Å². The molecule has 4 aromatic rings. The van der Waals surface area contributed by atoms with E-state index in [1.807, 2.05) is 55.5 Å². The zero-order valence-electron chi connectivity index (χ0n) is 15.0. The molecule has 2 aromatic carbocycles. The van der Waals surface area contributed by atoms with Crippen molar-refractivity contribution < 1.29 is 9.53 Å². The van der Waals surface area contributed by atoms with Crippen LogP contribution in [0.5, 0.6) is 0 Å². The molecule has 0 saturated heterocycles. The molecule has 132 valence electrons. The molecule has 0 aliphatic carbocycles. The van der Waals surface area contributed by atoms with E-state index in [-0.39, 0.29) is 5.97 Å². The number of hydrogen-bond acceptors (Lipinski definition) is 5. The molecule has 0 aliphatic heterocycles. The van der Waals surface area contributed by atoms with Gasteiger partial charge >= 0.3 is 5.97 Å². The fourth-order valence-electron chi connectivity index (χ4n) is 2.95. The number of para-hydroxylation sites is 1. The second kappa shape index (κ2) is 6.96. The van der Waals surface area contributed by atoms with E-state index in [4.69, 9.17) is 9.72 Å². The van der Waals surface area contributed by atoms with Gasteiger partial charge in [-0.1, -0.05) is 36.4 Å². The molecule has 4 rings (SSSR count). The maximum atomic E-state index is 11.8. The molecule has 0 atom stereocenters. The van der Waals surface area contributed by atoms with Crippen LogP contribution in [-0.4, -0.2) is 28.0 Å². The van der Waals surface area contributed by atoms with Gasteiger partial charge in [-0.2, -0.15) is 0 Å². The van der Waals surface area contributed by atoms with Gasteiger partial charge in [-0.05, 0) is 36.8 Å². The van der Waals surface area contributed by atoms with Crippen molar-refractivity contribution in [3.05, 3.63) is 78.0 Å². The first-order chi connectivity index (χ1) is 13.2. The van der Waals surface area contributed by atoms with Crippen LogP contribution in [0, 0.1) is 6.92 Å². The number of rotatable bonds is 3. The van der Waals surface area contributed by atoms with Crippen LogP contribution in [0.1, 0.15) is 15.9 Å². The first-order valence-electron chi connectivity index (χ1n) is 8.54. The number of fused-ring (bicyclic) bond motifs is 1. The number of hydrogen-bond donors (Lipinski definition) is 0. The Morgan fingerprint density at radius 1 is 0.963 bits per heavy atom. The fourth-order valence-corrected chi connectivity index (χ4v) is 2.95. The maximum Gasteiger partial charge on any atom is 0.337 e. The van der Waals surface area contributed by atoms with E-state index in [1.54, 1.807) is 18.3 Å². The number of aryl methyl sites for hydroxylation is 1. The second-order valence-electron chi connectivity index (χ2n) is 6.19. The van der Waals surface area contributed by atoms with Gasteiger partial charge < -0.3 is 4.74 Å². The van der Waals surface area contributed by atoms with Crippen LogP contribution in [0.4, 0.5) is 0 Å². The highest BCUT2D eigenvalue weighted by Gasteiger charge is 2.12. The van der Waals surface area contributed by atoms with Crippen molar-refractivity contribution in [2.24, 2.45) is 0 Å². The number of esters is 1. The summed E-state index contributed by atoms with van der Waals surface area (Å²) in [6.45, 7) is 1.98. The second-order valence-corrected chi connectivity index (χ2v) is 6.19. The number of nitrogens with zero attached hydrogens (tertiary/aromatic N) is 3. The number of carbonyl (C=O) groups is 1. The van der Waals surface area contributed by atoms with Crippen molar-refractivity contribution in [1.82, 2.24) is 15.0 Å². The molecular weight excluding hydrogens is 338 g/mol. The number of benzene rings is 2. The van der Waals surface area contributed by atoms with E-state index in [0.717, 1.165) is 27.7 Å². The van der Waals surface area contributed by atoms with Crippen LogP contribution in [0.25, 0.3) is 33.7 Å². The van der Waals surface area contributed by atoms with Crippen LogP contribution in [0.15, 0.2) is 66.9 Å². The van der Waals surface area contributed by atoms with Crippen LogP contribution in [0.3, 0.4) is 0 Å². The molecule has 0 bridgehead atoms. The lowest BCUT2D eigenvalue weighted by molar-refractivity contribution is 0.0601. The van der Waals surface area contributed by atoms with Gasteiger partial charge in [0, 0.05) is 17.1 Å². The zero-order valence-corrected chi connectivity index (χ0v) is 15.0. The summed E-state index contributed by atoms with van der Waals surface area (Å²) < 4.78 is 4.81. The largest absolute Gasteiger partial charge is 0.465 e. The van der Waals surface area contributed by atoms with Crippen LogP contribution >= 0.6 is 0 Å². The lowest BCUT2D eigenvalue weighted by Crippen LogP contribution is -2.01. The Balaban J connectivity index is 1.80. The van der Waals surface area contributed by atoms with Gasteiger partial charge in [0.15, 0.2) is 5.82 Å². The first kappa shape index (κ1) is 16.8. The summed E-state index contributed by atoms with van der Waals surface area (Å²) in [7, 11) is 1.37. The molecule has 0 unspecified atom stereocenters. The predicted molar refractivity (Wildman–Crippen MR) is 104 cm³/mol. The molecule has 0 N–H and O–H groups in total. The molecule has 0 spiro atoms. The first-order valence-corrected chi connectivity index (χ1v) is 8.54. The Hall–Kier alpha value is -3.60. The quantitative estimate of drug-likeness (QED) is 0.508. The summed E-state index contributed by atoms with van der Waals surface area (Å²) in [6.07, 6.45) is 1.80. The molecule has 0 fully saturated rings.